The summed E-state index contributed by atoms with van der Waals surface area (Å²) in [5, 5.41) is 0. The molecular weight excluding hydrogens is 166 g/mol. The summed E-state index contributed by atoms with van der Waals surface area (Å²) in [7, 11) is 1.64. The molecule has 1 aliphatic rings. The zero-order chi connectivity index (χ0) is 9.26. The summed E-state index contributed by atoms with van der Waals surface area (Å²) in [6, 6.07) is 5.87. The average molecular weight is 179 g/mol. The quantitative estimate of drug-likeness (QED) is 0.710. The van der Waals surface area contributed by atoms with E-state index in [0.29, 0.717) is 6.61 Å². The largest absolute Gasteiger partial charge is 0.497 e. The molecule has 1 heterocycles. The third kappa shape index (κ3) is 1.47. The molecule has 1 aromatic carbocycles. The van der Waals surface area contributed by atoms with Gasteiger partial charge < -0.3 is 15.2 Å². The third-order valence-corrected chi connectivity index (χ3v) is 2.31. The SMILES string of the molecule is COc1ccc2c(c1)OCC[C@H]2N. The maximum atomic E-state index is 5.92. The second kappa shape index (κ2) is 3.26. The molecule has 0 spiro atoms. The van der Waals surface area contributed by atoms with Crippen LogP contribution >= 0.6 is 0 Å². The number of hydrogen-bond acceptors (Lipinski definition) is 3. The van der Waals surface area contributed by atoms with Crippen molar-refractivity contribution in [3.05, 3.63) is 23.8 Å². The second-order valence-corrected chi connectivity index (χ2v) is 3.15. The molecule has 0 aliphatic carbocycles. The Hall–Kier alpha value is -1.22. The van der Waals surface area contributed by atoms with Crippen LogP contribution in [0, 0.1) is 0 Å². The van der Waals surface area contributed by atoms with Gasteiger partial charge in [0.2, 0.25) is 0 Å². The van der Waals surface area contributed by atoms with Gasteiger partial charge in [-0.3, -0.25) is 0 Å². The number of methoxy groups -OCH3 is 1. The van der Waals surface area contributed by atoms with E-state index in [1.54, 1.807) is 7.11 Å². The van der Waals surface area contributed by atoms with Crippen LogP contribution in [0.25, 0.3) is 0 Å². The fraction of sp³-hybridized carbons (Fsp3) is 0.400. The number of nitrogens with two attached hydrogens (primary N) is 1. The molecule has 3 nitrogen and oxygen atoms in total. The van der Waals surface area contributed by atoms with Crippen LogP contribution in [0.1, 0.15) is 18.0 Å². The third-order valence-electron chi connectivity index (χ3n) is 2.31. The molecule has 2 rings (SSSR count). The van der Waals surface area contributed by atoms with Crippen LogP contribution in [-0.4, -0.2) is 13.7 Å². The zero-order valence-corrected chi connectivity index (χ0v) is 7.62. The molecule has 0 unspecified atom stereocenters. The Bertz CT molecular complexity index is 312. The van der Waals surface area contributed by atoms with Gasteiger partial charge in [0.25, 0.3) is 0 Å². The molecule has 0 aromatic heterocycles. The van der Waals surface area contributed by atoms with E-state index in [-0.39, 0.29) is 6.04 Å². The Labute approximate surface area is 77.5 Å². The van der Waals surface area contributed by atoms with E-state index in [1.165, 1.54) is 0 Å². The van der Waals surface area contributed by atoms with Gasteiger partial charge in [-0.25, -0.2) is 0 Å². The Morgan fingerprint density at radius 1 is 1.54 bits per heavy atom. The second-order valence-electron chi connectivity index (χ2n) is 3.15. The molecule has 0 fully saturated rings. The van der Waals surface area contributed by atoms with Gasteiger partial charge in [0.15, 0.2) is 0 Å². The van der Waals surface area contributed by atoms with Gasteiger partial charge >= 0.3 is 0 Å². The van der Waals surface area contributed by atoms with Crippen molar-refractivity contribution in [1.82, 2.24) is 0 Å². The highest BCUT2D eigenvalue weighted by molar-refractivity contribution is 5.43. The van der Waals surface area contributed by atoms with Crippen LogP contribution < -0.4 is 15.2 Å². The van der Waals surface area contributed by atoms with E-state index in [4.69, 9.17) is 15.2 Å². The van der Waals surface area contributed by atoms with Gasteiger partial charge in [0.05, 0.1) is 13.7 Å². The van der Waals surface area contributed by atoms with Gasteiger partial charge in [-0.15, -0.1) is 0 Å². The lowest BCUT2D eigenvalue weighted by molar-refractivity contribution is 0.267. The number of ether oxygens (including phenoxy) is 2. The highest BCUT2D eigenvalue weighted by Crippen LogP contribution is 2.33. The van der Waals surface area contributed by atoms with Crippen LogP contribution in [-0.2, 0) is 0 Å². The lowest BCUT2D eigenvalue weighted by Crippen LogP contribution is -2.20. The molecule has 0 radical (unpaired) electrons. The van der Waals surface area contributed by atoms with E-state index >= 15 is 0 Å². The van der Waals surface area contributed by atoms with E-state index in [9.17, 15) is 0 Å². The van der Waals surface area contributed by atoms with Crippen molar-refractivity contribution in [2.75, 3.05) is 13.7 Å². The molecule has 1 aromatic rings. The van der Waals surface area contributed by atoms with E-state index < -0.39 is 0 Å². The predicted molar refractivity (Wildman–Crippen MR) is 50.0 cm³/mol. The summed E-state index contributed by atoms with van der Waals surface area (Å²) in [5.74, 6) is 1.67. The standard InChI is InChI=1S/C10H13NO2/c1-12-7-2-3-8-9(11)4-5-13-10(8)6-7/h2-3,6,9H,4-5,11H2,1H3/t9-/m1/s1. The molecule has 2 N–H and O–H groups in total. The van der Waals surface area contributed by atoms with Gasteiger partial charge in [0.1, 0.15) is 11.5 Å². The van der Waals surface area contributed by atoms with Crippen molar-refractivity contribution < 1.29 is 9.47 Å². The molecule has 70 valence electrons. The van der Waals surface area contributed by atoms with Crippen LogP contribution in [0.5, 0.6) is 11.5 Å². The highest BCUT2D eigenvalue weighted by atomic mass is 16.5. The molecule has 0 saturated heterocycles. The summed E-state index contributed by atoms with van der Waals surface area (Å²) in [6.45, 7) is 0.696. The van der Waals surface area contributed by atoms with Crippen LogP contribution in [0.15, 0.2) is 18.2 Å². The summed E-state index contributed by atoms with van der Waals surface area (Å²) in [6.07, 6.45) is 0.888. The molecular formula is C10H13NO2. The topological polar surface area (TPSA) is 44.5 Å². The van der Waals surface area contributed by atoms with Crippen molar-refractivity contribution >= 4 is 0 Å². The number of benzene rings is 1. The summed E-state index contributed by atoms with van der Waals surface area (Å²) in [5.41, 5.74) is 6.99. The van der Waals surface area contributed by atoms with Gasteiger partial charge in [0, 0.05) is 24.1 Å². The maximum absolute atomic E-state index is 5.92. The molecule has 3 heteroatoms. The Morgan fingerprint density at radius 3 is 3.15 bits per heavy atom. The van der Waals surface area contributed by atoms with Crippen molar-refractivity contribution in [3.63, 3.8) is 0 Å². The molecule has 1 aliphatic heterocycles. The highest BCUT2D eigenvalue weighted by Gasteiger charge is 2.17. The zero-order valence-electron chi connectivity index (χ0n) is 7.62. The fourth-order valence-electron chi connectivity index (χ4n) is 1.52. The minimum Gasteiger partial charge on any atom is -0.497 e. The number of hydrogen-bond donors (Lipinski definition) is 1. The first-order valence-electron chi connectivity index (χ1n) is 4.37. The molecule has 0 bridgehead atoms. The van der Waals surface area contributed by atoms with Crippen molar-refractivity contribution in [2.24, 2.45) is 5.73 Å². The van der Waals surface area contributed by atoms with Crippen LogP contribution in [0.3, 0.4) is 0 Å². The normalized spacial score (nSPS) is 20.3. The molecule has 0 amide bonds. The van der Waals surface area contributed by atoms with Crippen molar-refractivity contribution in [3.8, 4) is 11.5 Å². The van der Waals surface area contributed by atoms with Gasteiger partial charge in [-0.05, 0) is 6.07 Å². The van der Waals surface area contributed by atoms with Gasteiger partial charge in [-0.1, -0.05) is 6.07 Å². The minimum atomic E-state index is 0.106. The van der Waals surface area contributed by atoms with E-state index in [0.717, 1.165) is 23.5 Å². The first kappa shape index (κ1) is 8.38. The minimum absolute atomic E-state index is 0.106. The molecule has 13 heavy (non-hydrogen) atoms. The number of fused-ring (bicyclic) bond motifs is 1. The van der Waals surface area contributed by atoms with Crippen LogP contribution in [0.2, 0.25) is 0 Å². The van der Waals surface area contributed by atoms with Crippen molar-refractivity contribution in [2.45, 2.75) is 12.5 Å². The smallest absolute Gasteiger partial charge is 0.127 e. The fourth-order valence-corrected chi connectivity index (χ4v) is 1.52. The maximum Gasteiger partial charge on any atom is 0.127 e. The monoisotopic (exact) mass is 179 g/mol. The molecule has 1 atom stereocenters. The summed E-state index contributed by atoms with van der Waals surface area (Å²) >= 11 is 0. The Kier molecular flexibility index (Phi) is 2.10. The lowest BCUT2D eigenvalue weighted by atomic mass is 10.0. The summed E-state index contributed by atoms with van der Waals surface area (Å²) in [4.78, 5) is 0. The Balaban J connectivity index is 2.39. The van der Waals surface area contributed by atoms with Crippen LogP contribution in [0.4, 0.5) is 0 Å². The first-order chi connectivity index (χ1) is 6.31. The van der Waals surface area contributed by atoms with Crippen molar-refractivity contribution in [1.29, 1.82) is 0 Å². The first-order valence-corrected chi connectivity index (χ1v) is 4.37. The Morgan fingerprint density at radius 2 is 2.38 bits per heavy atom. The van der Waals surface area contributed by atoms with Gasteiger partial charge in [-0.2, -0.15) is 0 Å². The summed E-state index contributed by atoms with van der Waals surface area (Å²) < 4.78 is 10.6. The molecule has 0 saturated carbocycles. The predicted octanol–water partition coefficient (Wildman–Crippen LogP) is 1.48. The van der Waals surface area contributed by atoms with E-state index in [1.807, 2.05) is 18.2 Å². The van der Waals surface area contributed by atoms with E-state index in [2.05, 4.69) is 0 Å². The lowest BCUT2D eigenvalue weighted by Gasteiger charge is -2.23. The average Bonchev–Trinajstić information content (AvgIpc) is 2.18. The number of rotatable bonds is 1.